The Morgan fingerprint density at radius 3 is 2.43 bits per heavy atom. The van der Waals surface area contributed by atoms with Gasteiger partial charge < -0.3 is 4.43 Å². The summed E-state index contributed by atoms with van der Waals surface area (Å²) < 4.78 is 5.70. The lowest BCUT2D eigenvalue weighted by Crippen LogP contribution is -2.27. The van der Waals surface area contributed by atoms with E-state index < -0.39 is 8.32 Å². The summed E-state index contributed by atoms with van der Waals surface area (Å²) in [6.07, 6.45) is 2.15. The van der Waals surface area contributed by atoms with Crippen LogP contribution in [0.3, 0.4) is 0 Å². The molecule has 0 aliphatic carbocycles. The van der Waals surface area contributed by atoms with Crippen LogP contribution in [0.1, 0.15) is 12.5 Å². The van der Waals surface area contributed by atoms with Crippen molar-refractivity contribution in [2.75, 3.05) is 6.61 Å². The van der Waals surface area contributed by atoms with Crippen molar-refractivity contribution in [2.45, 2.75) is 20.0 Å². The van der Waals surface area contributed by atoms with Crippen LogP contribution in [-0.4, -0.2) is 14.9 Å². The van der Waals surface area contributed by atoms with Crippen LogP contribution in [0.2, 0.25) is 13.1 Å². The predicted octanol–water partition coefficient (Wildman–Crippen LogP) is 3.48. The van der Waals surface area contributed by atoms with Gasteiger partial charge in [-0.25, -0.2) is 0 Å². The molecule has 1 aromatic carbocycles. The molecular weight excluding hydrogens is 188 g/mol. The lowest BCUT2D eigenvalue weighted by molar-refractivity contribution is 0.338. The zero-order valence-electron chi connectivity index (χ0n) is 9.16. The van der Waals surface area contributed by atoms with Gasteiger partial charge in [-0.05, 0) is 25.6 Å². The van der Waals surface area contributed by atoms with Gasteiger partial charge in [0.2, 0.25) is 8.32 Å². The van der Waals surface area contributed by atoms with Gasteiger partial charge in [-0.3, -0.25) is 0 Å². The molecule has 2 heteroatoms. The molecule has 0 atom stereocenters. The maximum Gasteiger partial charge on any atom is 0.211 e. The van der Waals surface area contributed by atoms with Crippen LogP contribution in [0, 0.1) is 0 Å². The van der Waals surface area contributed by atoms with Crippen molar-refractivity contribution in [2.24, 2.45) is 0 Å². The normalized spacial score (nSPS) is 12.2. The molecule has 0 amide bonds. The van der Waals surface area contributed by atoms with E-state index in [2.05, 4.69) is 49.1 Å². The smallest absolute Gasteiger partial charge is 0.211 e. The van der Waals surface area contributed by atoms with Crippen molar-refractivity contribution >= 4 is 14.4 Å². The summed E-state index contributed by atoms with van der Waals surface area (Å²) in [5, 5.41) is 0. The number of rotatable bonds is 4. The summed E-state index contributed by atoms with van der Waals surface area (Å²) >= 11 is 0. The Labute approximate surface area is 87.5 Å². The van der Waals surface area contributed by atoms with Crippen molar-refractivity contribution in [1.29, 1.82) is 0 Å². The fourth-order valence-corrected chi connectivity index (χ4v) is 2.72. The first-order valence-electron chi connectivity index (χ1n) is 5.02. The fourth-order valence-electron chi connectivity index (χ4n) is 1.28. The zero-order chi connectivity index (χ0) is 10.4. The number of benzene rings is 1. The molecule has 1 nitrogen and oxygen atoms in total. The van der Waals surface area contributed by atoms with Gasteiger partial charge in [-0.15, -0.1) is 0 Å². The maximum absolute atomic E-state index is 5.70. The molecule has 0 spiro atoms. The Balaban J connectivity index is 2.64. The predicted molar refractivity (Wildman–Crippen MR) is 64.6 cm³/mol. The van der Waals surface area contributed by atoms with Crippen molar-refractivity contribution in [1.82, 2.24) is 0 Å². The Hall–Kier alpha value is -0.863. The summed E-state index contributed by atoms with van der Waals surface area (Å²) in [6, 6.07) is 10.3. The van der Waals surface area contributed by atoms with Gasteiger partial charge in [0.15, 0.2) is 0 Å². The molecule has 14 heavy (non-hydrogen) atoms. The Morgan fingerprint density at radius 2 is 1.86 bits per heavy atom. The van der Waals surface area contributed by atoms with E-state index in [9.17, 15) is 0 Å². The largest absolute Gasteiger partial charge is 0.414 e. The minimum Gasteiger partial charge on any atom is -0.414 e. The third-order valence-electron chi connectivity index (χ3n) is 1.99. The molecule has 0 saturated heterocycles. The SMILES string of the molecule is CCO[Si](C)(C)/C=C\c1ccccc1. The molecule has 0 unspecified atom stereocenters. The highest BCUT2D eigenvalue weighted by Crippen LogP contribution is 2.09. The van der Waals surface area contributed by atoms with E-state index >= 15 is 0 Å². The third-order valence-corrected chi connectivity index (χ3v) is 4.00. The van der Waals surface area contributed by atoms with Gasteiger partial charge in [-0.2, -0.15) is 0 Å². The van der Waals surface area contributed by atoms with E-state index in [1.165, 1.54) is 5.56 Å². The molecule has 0 radical (unpaired) electrons. The summed E-state index contributed by atoms with van der Waals surface area (Å²) in [6.45, 7) is 7.26. The van der Waals surface area contributed by atoms with Crippen LogP contribution in [0.4, 0.5) is 0 Å². The van der Waals surface area contributed by atoms with E-state index in [0.717, 1.165) is 6.61 Å². The Morgan fingerprint density at radius 1 is 1.21 bits per heavy atom. The lowest BCUT2D eigenvalue weighted by atomic mass is 10.2. The van der Waals surface area contributed by atoms with Crippen molar-refractivity contribution in [3.05, 3.63) is 41.6 Å². The summed E-state index contributed by atoms with van der Waals surface area (Å²) in [5.41, 5.74) is 3.47. The van der Waals surface area contributed by atoms with Crippen LogP contribution in [0.15, 0.2) is 36.0 Å². The van der Waals surface area contributed by atoms with Crippen LogP contribution >= 0.6 is 0 Å². The minimum atomic E-state index is -1.57. The van der Waals surface area contributed by atoms with Gasteiger partial charge in [0.05, 0.1) is 0 Å². The highest BCUT2D eigenvalue weighted by Gasteiger charge is 2.16. The molecule has 0 aliphatic rings. The van der Waals surface area contributed by atoms with Crippen LogP contribution < -0.4 is 0 Å². The molecule has 0 aliphatic heterocycles. The van der Waals surface area contributed by atoms with Crippen LogP contribution in [0.5, 0.6) is 0 Å². The average Bonchev–Trinajstić information content (AvgIpc) is 2.17. The van der Waals surface area contributed by atoms with Gasteiger partial charge in [0, 0.05) is 6.61 Å². The van der Waals surface area contributed by atoms with Crippen molar-refractivity contribution < 1.29 is 4.43 Å². The standard InChI is InChI=1S/C12H18OSi/c1-4-13-14(2,3)11-10-12-8-6-5-7-9-12/h5-11H,4H2,1-3H3/b11-10-. The second-order valence-corrected chi connectivity index (χ2v) is 7.61. The molecule has 0 aromatic heterocycles. The Kier molecular flexibility index (Phi) is 4.11. The highest BCUT2D eigenvalue weighted by atomic mass is 28.4. The van der Waals surface area contributed by atoms with Crippen LogP contribution in [0.25, 0.3) is 6.08 Å². The van der Waals surface area contributed by atoms with Crippen molar-refractivity contribution in [3.8, 4) is 0 Å². The first kappa shape index (κ1) is 11.2. The van der Waals surface area contributed by atoms with Gasteiger partial charge in [-0.1, -0.05) is 42.1 Å². The monoisotopic (exact) mass is 206 g/mol. The molecule has 0 heterocycles. The summed E-state index contributed by atoms with van der Waals surface area (Å²) in [4.78, 5) is 0. The molecule has 0 fully saturated rings. The summed E-state index contributed by atoms with van der Waals surface area (Å²) in [5.74, 6) is 0. The topological polar surface area (TPSA) is 9.23 Å². The molecule has 76 valence electrons. The summed E-state index contributed by atoms with van der Waals surface area (Å²) in [7, 11) is -1.57. The molecule has 0 saturated carbocycles. The van der Waals surface area contributed by atoms with Crippen LogP contribution in [-0.2, 0) is 4.43 Å². The molecule has 0 bridgehead atoms. The average molecular weight is 206 g/mol. The minimum absolute atomic E-state index is 0.804. The van der Waals surface area contributed by atoms with Gasteiger partial charge in [0.25, 0.3) is 0 Å². The van der Waals surface area contributed by atoms with E-state index in [4.69, 9.17) is 4.43 Å². The molecule has 0 N–H and O–H groups in total. The highest BCUT2D eigenvalue weighted by molar-refractivity contribution is 6.76. The first-order valence-corrected chi connectivity index (χ1v) is 8.01. The Bertz CT molecular complexity index is 290. The number of hydrogen-bond donors (Lipinski definition) is 0. The first-order chi connectivity index (χ1) is 6.64. The molecular formula is C12H18OSi. The lowest BCUT2D eigenvalue weighted by Gasteiger charge is -2.16. The maximum atomic E-state index is 5.70. The van der Waals surface area contributed by atoms with E-state index in [1.807, 2.05) is 13.0 Å². The molecule has 1 rings (SSSR count). The van der Waals surface area contributed by atoms with Gasteiger partial charge >= 0.3 is 0 Å². The third kappa shape index (κ3) is 3.90. The van der Waals surface area contributed by atoms with Crippen molar-refractivity contribution in [3.63, 3.8) is 0 Å². The molecule has 1 aromatic rings. The zero-order valence-corrected chi connectivity index (χ0v) is 10.2. The van der Waals surface area contributed by atoms with E-state index in [-0.39, 0.29) is 0 Å². The van der Waals surface area contributed by atoms with E-state index in [0.29, 0.717) is 0 Å². The second kappa shape index (κ2) is 5.13. The van der Waals surface area contributed by atoms with Gasteiger partial charge in [0.1, 0.15) is 0 Å². The second-order valence-electron chi connectivity index (χ2n) is 3.78. The van der Waals surface area contributed by atoms with E-state index in [1.54, 1.807) is 0 Å². The quantitative estimate of drug-likeness (QED) is 0.685. The fraction of sp³-hybridized carbons (Fsp3) is 0.333. The number of hydrogen-bond acceptors (Lipinski definition) is 1.